The highest BCUT2D eigenvalue weighted by atomic mass is 19.1. The molecule has 0 amide bonds. The van der Waals surface area contributed by atoms with Crippen LogP contribution in [0.2, 0.25) is 0 Å². The molecule has 1 aromatic carbocycles. The minimum Gasteiger partial charge on any atom is -0.496 e. The van der Waals surface area contributed by atoms with Gasteiger partial charge in [-0.25, -0.2) is 4.39 Å². The number of halogens is 1. The van der Waals surface area contributed by atoms with E-state index in [1.54, 1.807) is 0 Å². The Kier molecular flexibility index (Phi) is 11.2. The van der Waals surface area contributed by atoms with E-state index in [9.17, 15) is 9.18 Å². The number of hydrogen-bond acceptors (Lipinski definition) is 2. The van der Waals surface area contributed by atoms with Crippen molar-refractivity contribution in [3.05, 3.63) is 29.6 Å². The van der Waals surface area contributed by atoms with Crippen LogP contribution >= 0.6 is 0 Å². The van der Waals surface area contributed by atoms with E-state index in [1.807, 2.05) is 0 Å². The van der Waals surface area contributed by atoms with Crippen LogP contribution in [-0.4, -0.2) is 12.9 Å². The van der Waals surface area contributed by atoms with Crippen LogP contribution in [0.15, 0.2) is 18.2 Å². The van der Waals surface area contributed by atoms with Gasteiger partial charge in [-0.2, -0.15) is 0 Å². The summed E-state index contributed by atoms with van der Waals surface area (Å²) in [5.41, 5.74) is 0.365. The maximum Gasteiger partial charge on any atom is 0.166 e. The van der Waals surface area contributed by atoms with Gasteiger partial charge in [0.15, 0.2) is 5.78 Å². The Bertz CT molecular complexity index is 471. The molecule has 0 aliphatic rings. The summed E-state index contributed by atoms with van der Waals surface area (Å²) >= 11 is 0. The quantitative estimate of drug-likeness (QED) is 0.278. The number of unbranched alkanes of at least 4 members (excludes halogenated alkanes) is 10. The van der Waals surface area contributed by atoms with Crippen LogP contribution in [0.25, 0.3) is 0 Å². The van der Waals surface area contributed by atoms with E-state index < -0.39 is 5.82 Å². The lowest BCUT2D eigenvalue weighted by Crippen LogP contribution is -2.03. The molecule has 1 aromatic rings. The average Bonchev–Trinajstić information content (AvgIpc) is 2.59. The first-order valence-electron chi connectivity index (χ1n) is 9.55. The van der Waals surface area contributed by atoms with Crippen molar-refractivity contribution < 1.29 is 13.9 Å². The zero-order valence-corrected chi connectivity index (χ0v) is 15.4. The number of benzene rings is 1. The fourth-order valence-electron chi connectivity index (χ4n) is 2.98. The summed E-state index contributed by atoms with van der Waals surface area (Å²) in [6.45, 7) is 2.25. The molecule has 0 heterocycles. The Morgan fingerprint density at radius 3 is 2.00 bits per heavy atom. The first-order valence-corrected chi connectivity index (χ1v) is 9.55. The molecule has 0 aliphatic carbocycles. The molecule has 0 saturated carbocycles. The Labute approximate surface area is 146 Å². The third kappa shape index (κ3) is 8.47. The lowest BCUT2D eigenvalue weighted by atomic mass is 10.0. The van der Waals surface area contributed by atoms with E-state index in [2.05, 4.69) is 6.92 Å². The molecule has 3 heteroatoms. The van der Waals surface area contributed by atoms with Crippen molar-refractivity contribution in [1.29, 1.82) is 0 Å². The maximum atomic E-state index is 13.3. The van der Waals surface area contributed by atoms with E-state index in [-0.39, 0.29) is 5.78 Å². The number of rotatable bonds is 14. The molecule has 0 fully saturated rings. The zero-order chi connectivity index (χ0) is 17.6. The van der Waals surface area contributed by atoms with Gasteiger partial charge in [0.05, 0.1) is 12.7 Å². The second kappa shape index (κ2) is 13.0. The summed E-state index contributed by atoms with van der Waals surface area (Å²) in [5.74, 6) is 0.0461. The number of carbonyl (C=O) groups is 1. The summed E-state index contributed by atoms with van der Waals surface area (Å²) < 4.78 is 18.4. The summed E-state index contributed by atoms with van der Waals surface area (Å²) in [7, 11) is 1.51. The molecule has 0 aliphatic heterocycles. The zero-order valence-electron chi connectivity index (χ0n) is 15.4. The second-order valence-corrected chi connectivity index (χ2v) is 6.55. The van der Waals surface area contributed by atoms with Crippen LogP contribution in [-0.2, 0) is 0 Å². The predicted molar refractivity (Wildman–Crippen MR) is 98.4 cm³/mol. The van der Waals surface area contributed by atoms with Gasteiger partial charge in [0.25, 0.3) is 0 Å². The van der Waals surface area contributed by atoms with Crippen LogP contribution in [0, 0.1) is 5.82 Å². The monoisotopic (exact) mass is 336 g/mol. The minimum atomic E-state index is -0.391. The van der Waals surface area contributed by atoms with Crippen LogP contribution in [0.5, 0.6) is 5.75 Å². The van der Waals surface area contributed by atoms with Crippen molar-refractivity contribution in [3.63, 3.8) is 0 Å². The van der Waals surface area contributed by atoms with Crippen LogP contribution in [0.1, 0.15) is 94.3 Å². The number of Topliss-reactive ketones (excluding diaryl/α,β-unsaturated/α-hetero) is 1. The molecule has 2 nitrogen and oxygen atoms in total. The molecule has 1 rings (SSSR count). The molecule has 0 atom stereocenters. The topological polar surface area (TPSA) is 26.3 Å². The Morgan fingerprint density at radius 2 is 1.46 bits per heavy atom. The van der Waals surface area contributed by atoms with Crippen molar-refractivity contribution >= 4 is 5.78 Å². The molecule has 0 saturated heterocycles. The fraction of sp³-hybridized carbons (Fsp3) is 0.667. The molecule has 0 spiro atoms. The van der Waals surface area contributed by atoms with Crippen molar-refractivity contribution in [2.45, 2.75) is 84.0 Å². The number of ether oxygens (including phenoxy) is 1. The van der Waals surface area contributed by atoms with E-state index in [0.29, 0.717) is 17.7 Å². The normalized spacial score (nSPS) is 10.8. The van der Waals surface area contributed by atoms with E-state index in [1.165, 1.54) is 83.1 Å². The number of carbonyl (C=O) groups excluding carboxylic acids is 1. The molecular weight excluding hydrogens is 303 g/mol. The van der Waals surface area contributed by atoms with Gasteiger partial charge < -0.3 is 4.74 Å². The molecule has 0 radical (unpaired) electrons. The van der Waals surface area contributed by atoms with Gasteiger partial charge in [-0.1, -0.05) is 71.1 Å². The Hall–Kier alpha value is -1.38. The van der Waals surface area contributed by atoms with Gasteiger partial charge in [-0.15, -0.1) is 0 Å². The van der Waals surface area contributed by atoms with Crippen LogP contribution < -0.4 is 4.74 Å². The van der Waals surface area contributed by atoms with Crippen molar-refractivity contribution in [1.82, 2.24) is 0 Å². The summed E-state index contributed by atoms with van der Waals surface area (Å²) in [4.78, 5) is 12.2. The van der Waals surface area contributed by atoms with Crippen LogP contribution in [0.3, 0.4) is 0 Å². The first kappa shape index (κ1) is 20.7. The fourth-order valence-corrected chi connectivity index (χ4v) is 2.98. The predicted octanol–water partition coefficient (Wildman–Crippen LogP) is 6.72. The number of ketones is 1. The standard InChI is InChI=1S/C21H33FO2/c1-3-4-5-6-7-8-9-10-11-12-13-14-20(23)19-17-18(22)15-16-21(19)24-2/h15-17H,3-14H2,1-2H3. The van der Waals surface area contributed by atoms with Crippen LogP contribution in [0.4, 0.5) is 4.39 Å². The van der Waals surface area contributed by atoms with Gasteiger partial charge in [0.1, 0.15) is 11.6 Å². The second-order valence-electron chi connectivity index (χ2n) is 6.55. The summed E-state index contributed by atoms with van der Waals surface area (Å²) in [6.07, 6.45) is 14.3. The number of methoxy groups -OCH3 is 1. The first-order chi connectivity index (χ1) is 11.7. The molecule has 136 valence electrons. The lowest BCUT2D eigenvalue weighted by Gasteiger charge is -2.07. The smallest absolute Gasteiger partial charge is 0.166 e. The van der Waals surface area contributed by atoms with Crippen molar-refractivity contribution in [3.8, 4) is 5.75 Å². The molecule has 0 unspecified atom stereocenters. The van der Waals surface area contributed by atoms with Gasteiger partial charge in [0, 0.05) is 6.42 Å². The highest BCUT2D eigenvalue weighted by Gasteiger charge is 2.12. The average molecular weight is 336 g/mol. The number of hydrogen-bond donors (Lipinski definition) is 0. The van der Waals surface area contributed by atoms with Gasteiger partial charge in [0.2, 0.25) is 0 Å². The van der Waals surface area contributed by atoms with Gasteiger partial charge >= 0.3 is 0 Å². The largest absolute Gasteiger partial charge is 0.496 e. The maximum absolute atomic E-state index is 13.3. The van der Waals surface area contributed by atoms with Gasteiger partial charge in [-0.3, -0.25) is 4.79 Å². The molecule has 0 bridgehead atoms. The highest BCUT2D eigenvalue weighted by Crippen LogP contribution is 2.22. The highest BCUT2D eigenvalue weighted by molar-refractivity contribution is 5.98. The van der Waals surface area contributed by atoms with E-state index >= 15 is 0 Å². The minimum absolute atomic E-state index is 0.0257. The van der Waals surface area contributed by atoms with E-state index in [4.69, 9.17) is 4.74 Å². The molecule has 0 N–H and O–H groups in total. The van der Waals surface area contributed by atoms with E-state index in [0.717, 1.165) is 12.8 Å². The van der Waals surface area contributed by atoms with Crippen molar-refractivity contribution in [2.24, 2.45) is 0 Å². The lowest BCUT2D eigenvalue weighted by molar-refractivity contribution is 0.0975. The third-order valence-corrected chi connectivity index (χ3v) is 4.47. The molecule has 0 aromatic heterocycles. The van der Waals surface area contributed by atoms with Gasteiger partial charge in [-0.05, 0) is 24.6 Å². The molecular formula is C21H33FO2. The van der Waals surface area contributed by atoms with Crippen molar-refractivity contribution in [2.75, 3.05) is 7.11 Å². The summed E-state index contributed by atoms with van der Waals surface area (Å²) in [6, 6.07) is 4.11. The summed E-state index contributed by atoms with van der Waals surface area (Å²) in [5, 5.41) is 0. The third-order valence-electron chi connectivity index (χ3n) is 4.47. The molecule has 24 heavy (non-hydrogen) atoms. The SMILES string of the molecule is CCCCCCCCCCCCCC(=O)c1cc(F)ccc1OC. The Morgan fingerprint density at radius 1 is 0.917 bits per heavy atom. The Balaban J connectivity index is 2.09.